The van der Waals surface area contributed by atoms with Gasteiger partial charge < -0.3 is 0 Å². The minimum Gasteiger partial charge on any atom is -0.269 e. The average Bonchev–Trinajstić information content (AvgIpc) is 2.58. The van der Waals surface area contributed by atoms with Gasteiger partial charge in [-0.15, -0.1) is 0 Å². The van der Waals surface area contributed by atoms with Gasteiger partial charge in [-0.3, -0.25) is 9.20 Å². The molecule has 0 amide bonds. The molecule has 1 aliphatic rings. The Labute approximate surface area is 141 Å². The van der Waals surface area contributed by atoms with Crippen LogP contribution >= 0.6 is 0 Å². The van der Waals surface area contributed by atoms with Crippen LogP contribution in [0.25, 0.3) is 17.3 Å². The lowest BCUT2D eigenvalue weighted by molar-refractivity contribution is 0.786. The maximum atomic E-state index is 12.9. The van der Waals surface area contributed by atoms with Gasteiger partial charge in [-0.05, 0) is 67.5 Å². The summed E-state index contributed by atoms with van der Waals surface area (Å²) in [6, 6.07) is 12.3. The first-order valence-electron chi connectivity index (χ1n) is 8.42. The Hall–Kier alpha value is -2.68. The van der Waals surface area contributed by atoms with E-state index in [1.807, 2.05) is 31.3 Å². The Kier molecular flexibility index (Phi) is 3.57. The summed E-state index contributed by atoms with van der Waals surface area (Å²) in [5, 5.41) is 0. The Morgan fingerprint density at radius 3 is 2.75 bits per heavy atom. The number of fused-ring (bicyclic) bond motifs is 2. The van der Waals surface area contributed by atoms with E-state index < -0.39 is 0 Å². The molecule has 0 unspecified atom stereocenters. The standard InChI is InChI=1S/C21H20N2O/c1-14-10-11-19-22-20-17(12-16-7-4-3-6-15(16)2)8-5-9-18(20)21(24)23(19)13-14/h3-4,6-7,10-13H,5,8-9H2,1-2H3/b17-12-. The third-order valence-corrected chi connectivity index (χ3v) is 4.76. The highest BCUT2D eigenvalue weighted by Gasteiger charge is 2.20. The maximum Gasteiger partial charge on any atom is 0.261 e. The summed E-state index contributed by atoms with van der Waals surface area (Å²) in [7, 11) is 0. The molecule has 0 N–H and O–H groups in total. The van der Waals surface area contributed by atoms with Crippen molar-refractivity contribution in [1.29, 1.82) is 0 Å². The SMILES string of the molecule is Cc1ccc2nc3c(c(=O)n2c1)CCC/C3=C/c1ccccc1C. The molecule has 2 aromatic heterocycles. The third-order valence-electron chi connectivity index (χ3n) is 4.76. The molecule has 0 radical (unpaired) electrons. The molecule has 0 saturated heterocycles. The molecule has 0 fully saturated rings. The van der Waals surface area contributed by atoms with Crippen LogP contribution in [-0.4, -0.2) is 9.38 Å². The fraction of sp³-hybridized carbons (Fsp3) is 0.238. The molecule has 2 heterocycles. The molecule has 3 heteroatoms. The summed E-state index contributed by atoms with van der Waals surface area (Å²) in [5.41, 5.74) is 7.22. The molecular formula is C21H20N2O. The molecule has 1 aromatic carbocycles. The van der Waals surface area contributed by atoms with Gasteiger partial charge in [0.15, 0.2) is 0 Å². The normalized spacial score (nSPS) is 15.7. The molecule has 4 rings (SSSR count). The minimum atomic E-state index is 0.0779. The lowest BCUT2D eigenvalue weighted by Crippen LogP contribution is -2.24. The van der Waals surface area contributed by atoms with Crippen LogP contribution in [0.5, 0.6) is 0 Å². The van der Waals surface area contributed by atoms with Crippen molar-refractivity contribution in [3.63, 3.8) is 0 Å². The predicted octanol–water partition coefficient (Wildman–Crippen LogP) is 4.19. The van der Waals surface area contributed by atoms with Gasteiger partial charge in [0.25, 0.3) is 5.56 Å². The molecular weight excluding hydrogens is 296 g/mol. The van der Waals surface area contributed by atoms with Crippen molar-refractivity contribution in [3.05, 3.63) is 80.9 Å². The first-order chi connectivity index (χ1) is 11.6. The summed E-state index contributed by atoms with van der Waals surface area (Å²) in [6.07, 6.45) is 6.85. The van der Waals surface area contributed by atoms with E-state index in [1.165, 1.54) is 16.7 Å². The van der Waals surface area contributed by atoms with Gasteiger partial charge in [0.1, 0.15) is 5.65 Å². The quantitative estimate of drug-likeness (QED) is 0.674. The van der Waals surface area contributed by atoms with Crippen LogP contribution in [0.15, 0.2) is 47.4 Å². The zero-order valence-corrected chi connectivity index (χ0v) is 14.0. The van der Waals surface area contributed by atoms with Crippen molar-refractivity contribution < 1.29 is 0 Å². The van der Waals surface area contributed by atoms with Gasteiger partial charge in [-0.2, -0.15) is 0 Å². The third kappa shape index (κ3) is 2.46. The fourth-order valence-corrected chi connectivity index (χ4v) is 3.42. The molecule has 3 nitrogen and oxygen atoms in total. The minimum absolute atomic E-state index is 0.0779. The number of allylic oxidation sites excluding steroid dienone is 1. The Morgan fingerprint density at radius 2 is 1.92 bits per heavy atom. The van der Waals surface area contributed by atoms with Crippen LogP contribution < -0.4 is 5.56 Å². The van der Waals surface area contributed by atoms with Crippen molar-refractivity contribution >= 4 is 17.3 Å². The van der Waals surface area contributed by atoms with Crippen LogP contribution in [0.2, 0.25) is 0 Å². The second-order valence-corrected chi connectivity index (χ2v) is 6.56. The number of hydrogen-bond acceptors (Lipinski definition) is 2. The van der Waals surface area contributed by atoms with Crippen molar-refractivity contribution in [2.75, 3.05) is 0 Å². The molecule has 1 aliphatic carbocycles. The van der Waals surface area contributed by atoms with E-state index >= 15 is 0 Å². The summed E-state index contributed by atoms with van der Waals surface area (Å²) in [6.45, 7) is 4.11. The smallest absolute Gasteiger partial charge is 0.261 e. The number of aromatic nitrogens is 2. The summed E-state index contributed by atoms with van der Waals surface area (Å²) >= 11 is 0. The molecule has 0 bridgehead atoms. The molecule has 3 aromatic rings. The number of rotatable bonds is 1. The van der Waals surface area contributed by atoms with Crippen molar-refractivity contribution in [2.45, 2.75) is 33.1 Å². The predicted molar refractivity (Wildman–Crippen MR) is 98.2 cm³/mol. The highest BCUT2D eigenvalue weighted by Crippen LogP contribution is 2.30. The van der Waals surface area contributed by atoms with Gasteiger partial charge in [0.2, 0.25) is 0 Å². The van der Waals surface area contributed by atoms with Gasteiger partial charge in [0.05, 0.1) is 5.69 Å². The molecule has 0 spiro atoms. The first-order valence-corrected chi connectivity index (χ1v) is 8.42. The monoisotopic (exact) mass is 316 g/mol. The van der Waals surface area contributed by atoms with Crippen LogP contribution in [0, 0.1) is 13.8 Å². The van der Waals surface area contributed by atoms with Crippen molar-refractivity contribution in [3.8, 4) is 0 Å². The Morgan fingerprint density at radius 1 is 1.08 bits per heavy atom. The molecule has 0 atom stereocenters. The summed E-state index contributed by atoms with van der Waals surface area (Å²) < 4.78 is 1.69. The van der Waals surface area contributed by atoms with Crippen LogP contribution in [0.3, 0.4) is 0 Å². The van der Waals surface area contributed by atoms with E-state index in [0.717, 1.165) is 41.7 Å². The van der Waals surface area contributed by atoms with E-state index in [1.54, 1.807) is 4.40 Å². The largest absolute Gasteiger partial charge is 0.269 e. The zero-order chi connectivity index (χ0) is 16.7. The van der Waals surface area contributed by atoms with E-state index in [-0.39, 0.29) is 5.56 Å². The second kappa shape index (κ2) is 5.75. The zero-order valence-electron chi connectivity index (χ0n) is 14.0. The second-order valence-electron chi connectivity index (χ2n) is 6.56. The van der Waals surface area contributed by atoms with Gasteiger partial charge in [-0.25, -0.2) is 4.98 Å². The van der Waals surface area contributed by atoms with Crippen LogP contribution in [-0.2, 0) is 6.42 Å². The lowest BCUT2D eigenvalue weighted by atomic mass is 9.90. The van der Waals surface area contributed by atoms with Gasteiger partial charge in [0, 0.05) is 11.8 Å². The molecule has 24 heavy (non-hydrogen) atoms. The number of aryl methyl sites for hydroxylation is 2. The van der Waals surface area contributed by atoms with Crippen LogP contribution in [0.1, 0.15) is 40.8 Å². The summed E-state index contributed by atoms with van der Waals surface area (Å²) in [4.78, 5) is 17.7. The highest BCUT2D eigenvalue weighted by molar-refractivity contribution is 5.83. The Balaban J connectivity index is 1.95. The number of benzene rings is 1. The van der Waals surface area contributed by atoms with Crippen molar-refractivity contribution in [2.24, 2.45) is 0 Å². The van der Waals surface area contributed by atoms with E-state index in [4.69, 9.17) is 4.98 Å². The lowest BCUT2D eigenvalue weighted by Gasteiger charge is -2.19. The molecule has 0 saturated carbocycles. The fourth-order valence-electron chi connectivity index (χ4n) is 3.42. The van der Waals surface area contributed by atoms with Crippen molar-refractivity contribution in [1.82, 2.24) is 9.38 Å². The maximum absolute atomic E-state index is 12.9. The molecule has 120 valence electrons. The summed E-state index contributed by atoms with van der Waals surface area (Å²) in [5.74, 6) is 0. The number of nitrogens with zero attached hydrogens (tertiary/aromatic N) is 2. The molecule has 0 aliphatic heterocycles. The van der Waals surface area contributed by atoms with E-state index in [9.17, 15) is 4.79 Å². The average molecular weight is 316 g/mol. The number of hydrogen-bond donors (Lipinski definition) is 0. The number of pyridine rings is 1. The van der Waals surface area contributed by atoms with Gasteiger partial charge >= 0.3 is 0 Å². The first kappa shape index (κ1) is 14.9. The van der Waals surface area contributed by atoms with E-state index in [0.29, 0.717) is 0 Å². The Bertz CT molecular complexity index is 1030. The van der Waals surface area contributed by atoms with E-state index in [2.05, 4.69) is 31.2 Å². The van der Waals surface area contributed by atoms with Crippen LogP contribution in [0.4, 0.5) is 0 Å². The van der Waals surface area contributed by atoms with Gasteiger partial charge in [-0.1, -0.05) is 30.3 Å². The highest BCUT2D eigenvalue weighted by atomic mass is 16.1. The topological polar surface area (TPSA) is 34.4 Å².